The number of nitrogens with zero attached hydrogens (tertiary/aromatic N) is 4. The molecule has 2 atom stereocenters. The van der Waals surface area contributed by atoms with Crippen LogP contribution in [0.25, 0.3) is 0 Å². The Labute approximate surface area is 147 Å². The van der Waals surface area contributed by atoms with Gasteiger partial charge >= 0.3 is 0 Å². The maximum atomic E-state index is 12.8. The van der Waals surface area contributed by atoms with E-state index in [-0.39, 0.29) is 11.8 Å². The number of pyridine rings is 1. The summed E-state index contributed by atoms with van der Waals surface area (Å²) < 4.78 is 5.25. The van der Waals surface area contributed by atoms with Gasteiger partial charge in [0.1, 0.15) is 5.76 Å². The third-order valence-corrected chi connectivity index (χ3v) is 5.46. The number of carbonyl (C=O) groups excluding carboxylic acids is 1. The van der Waals surface area contributed by atoms with Gasteiger partial charge in [-0.2, -0.15) is 0 Å². The quantitative estimate of drug-likeness (QED) is 0.853. The van der Waals surface area contributed by atoms with Gasteiger partial charge in [0.2, 0.25) is 5.91 Å². The lowest BCUT2D eigenvalue weighted by Gasteiger charge is -2.21. The maximum absolute atomic E-state index is 12.8. The molecule has 2 saturated heterocycles. The molecule has 0 unspecified atom stereocenters. The van der Waals surface area contributed by atoms with Gasteiger partial charge in [-0.05, 0) is 32.9 Å². The summed E-state index contributed by atoms with van der Waals surface area (Å²) in [7, 11) is 0. The molecule has 0 N–H and O–H groups in total. The van der Waals surface area contributed by atoms with Crippen molar-refractivity contribution in [3.05, 3.63) is 46.6 Å². The summed E-state index contributed by atoms with van der Waals surface area (Å²) >= 11 is 0. The van der Waals surface area contributed by atoms with Crippen LogP contribution in [0.3, 0.4) is 0 Å². The molecule has 4 heterocycles. The minimum absolute atomic E-state index is 0.116. The van der Waals surface area contributed by atoms with Crippen LogP contribution in [0, 0.1) is 32.6 Å². The van der Waals surface area contributed by atoms with E-state index in [1.54, 1.807) is 0 Å². The number of hydrogen-bond acceptors (Lipinski definition) is 5. The van der Waals surface area contributed by atoms with Crippen molar-refractivity contribution in [3.63, 3.8) is 0 Å². The van der Waals surface area contributed by atoms with Gasteiger partial charge in [0.25, 0.3) is 0 Å². The van der Waals surface area contributed by atoms with Crippen LogP contribution in [0.1, 0.15) is 28.4 Å². The Morgan fingerprint density at radius 1 is 1.16 bits per heavy atom. The van der Waals surface area contributed by atoms with Crippen LogP contribution in [-0.4, -0.2) is 45.5 Å². The molecule has 6 heteroatoms. The number of rotatable bonds is 4. The van der Waals surface area contributed by atoms with Crippen LogP contribution in [0.5, 0.6) is 0 Å². The molecule has 0 radical (unpaired) electrons. The molecule has 6 nitrogen and oxygen atoms in total. The zero-order chi connectivity index (χ0) is 17.6. The zero-order valence-electron chi connectivity index (χ0n) is 15.0. The highest BCUT2D eigenvalue weighted by molar-refractivity contribution is 5.82. The number of carbonyl (C=O) groups is 1. The molecule has 0 aromatic carbocycles. The smallest absolute Gasteiger partial charge is 0.227 e. The van der Waals surface area contributed by atoms with E-state index >= 15 is 0 Å². The van der Waals surface area contributed by atoms with Crippen molar-refractivity contribution in [2.45, 2.75) is 33.9 Å². The number of aromatic nitrogens is 2. The predicted molar refractivity (Wildman–Crippen MR) is 92.6 cm³/mol. The molecule has 0 saturated carbocycles. The zero-order valence-corrected chi connectivity index (χ0v) is 15.0. The SMILES string of the molecule is Cc1cccc(CN2C[C@@H]3CN(Cc4c(C)noc4C)C[C@@H]3C2=O)n1. The lowest BCUT2D eigenvalue weighted by Crippen LogP contribution is -2.32. The number of fused-ring (bicyclic) bond motifs is 1. The Kier molecular flexibility index (Phi) is 4.07. The van der Waals surface area contributed by atoms with Gasteiger partial charge in [0.05, 0.1) is 23.9 Å². The summed E-state index contributed by atoms with van der Waals surface area (Å²) in [5.74, 6) is 1.69. The van der Waals surface area contributed by atoms with Crippen LogP contribution in [0.4, 0.5) is 0 Å². The minimum Gasteiger partial charge on any atom is -0.361 e. The van der Waals surface area contributed by atoms with Crippen molar-refractivity contribution < 1.29 is 9.32 Å². The minimum atomic E-state index is 0.116. The largest absolute Gasteiger partial charge is 0.361 e. The van der Waals surface area contributed by atoms with Crippen molar-refractivity contribution in [2.24, 2.45) is 11.8 Å². The maximum Gasteiger partial charge on any atom is 0.227 e. The molecule has 2 aliphatic rings. The summed E-state index contributed by atoms with van der Waals surface area (Å²) in [5.41, 5.74) is 4.08. The normalized spacial score (nSPS) is 23.5. The van der Waals surface area contributed by atoms with Gasteiger partial charge < -0.3 is 9.42 Å². The van der Waals surface area contributed by atoms with Gasteiger partial charge in [-0.3, -0.25) is 14.7 Å². The second kappa shape index (κ2) is 6.26. The molecule has 1 amide bonds. The standard InChI is InChI=1S/C19H24N4O2/c1-12-5-4-6-16(20-12)9-23-8-15-7-22(11-18(15)19(23)24)10-17-13(2)21-25-14(17)3/h4-6,15,18H,7-11H2,1-3H3/t15-,18-/m0/s1. The van der Waals surface area contributed by atoms with Gasteiger partial charge in [-0.15, -0.1) is 0 Å². The molecule has 0 bridgehead atoms. The van der Waals surface area contributed by atoms with Gasteiger partial charge in [-0.1, -0.05) is 11.2 Å². The number of amides is 1. The Balaban J connectivity index is 1.40. The highest BCUT2D eigenvalue weighted by Crippen LogP contribution is 2.34. The molecule has 2 fully saturated rings. The van der Waals surface area contributed by atoms with E-state index in [9.17, 15) is 4.79 Å². The van der Waals surface area contributed by atoms with Crippen LogP contribution in [-0.2, 0) is 17.9 Å². The topological polar surface area (TPSA) is 62.5 Å². The molecule has 0 aliphatic carbocycles. The second-order valence-corrected chi connectivity index (χ2v) is 7.35. The fourth-order valence-electron chi connectivity index (χ4n) is 4.14. The van der Waals surface area contributed by atoms with Crippen molar-refractivity contribution >= 4 is 5.91 Å². The molecular formula is C19H24N4O2. The summed E-state index contributed by atoms with van der Waals surface area (Å²) in [4.78, 5) is 21.7. The highest BCUT2D eigenvalue weighted by atomic mass is 16.5. The fourth-order valence-corrected chi connectivity index (χ4v) is 4.14. The predicted octanol–water partition coefficient (Wildman–Crippen LogP) is 2.09. The van der Waals surface area contributed by atoms with Crippen molar-refractivity contribution in [1.29, 1.82) is 0 Å². The number of hydrogen-bond donors (Lipinski definition) is 0. The summed E-state index contributed by atoms with van der Waals surface area (Å²) in [6.07, 6.45) is 0. The van der Waals surface area contributed by atoms with E-state index in [4.69, 9.17) is 4.52 Å². The first-order chi connectivity index (χ1) is 12.0. The molecule has 132 valence electrons. The first-order valence-electron chi connectivity index (χ1n) is 8.86. The van der Waals surface area contributed by atoms with Crippen LogP contribution >= 0.6 is 0 Å². The van der Waals surface area contributed by atoms with Crippen molar-refractivity contribution in [2.75, 3.05) is 19.6 Å². The molecule has 2 aromatic rings. The summed E-state index contributed by atoms with van der Waals surface area (Å²) in [5, 5.41) is 4.03. The van der Waals surface area contributed by atoms with Crippen molar-refractivity contribution in [3.8, 4) is 0 Å². The Hall–Kier alpha value is -2.21. The lowest BCUT2D eigenvalue weighted by atomic mass is 10.0. The second-order valence-electron chi connectivity index (χ2n) is 7.35. The van der Waals surface area contributed by atoms with Gasteiger partial charge in [0.15, 0.2) is 0 Å². The highest BCUT2D eigenvalue weighted by Gasteiger charge is 2.46. The average Bonchev–Trinajstić information content (AvgIpc) is 3.19. The van der Waals surface area contributed by atoms with E-state index in [1.807, 2.05) is 43.9 Å². The van der Waals surface area contributed by atoms with Crippen molar-refractivity contribution in [1.82, 2.24) is 19.9 Å². The molecule has 0 spiro atoms. The lowest BCUT2D eigenvalue weighted by molar-refractivity contribution is -0.131. The van der Waals surface area contributed by atoms with Crippen LogP contribution in [0.15, 0.2) is 22.7 Å². The van der Waals surface area contributed by atoms with E-state index in [0.29, 0.717) is 12.5 Å². The average molecular weight is 340 g/mol. The molecule has 2 aromatic heterocycles. The summed E-state index contributed by atoms with van der Waals surface area (Å²) in [6.45, 7) is 9.97. The van der Waals surface area contributed by atoms with E-state index in [0.717, 1.165) is 54.6 Å². The number of likely N-dealkylation sites (tertiary alicyclic amines) is 2. The third-order valence-electron chi connectivity index (χ3n) is 5.46. The molecular weight excluding hydrogens is 316 g/mol. The van der Waals surface area contributed by atoms with E-state index < -0.39 is 0 Å². The fraction of sp³-hybridized carbons (Fsp3) is 0.526. The first kappa shape index (κ1) is 16.3. The van der Waals surface area contributed by atoms with Crippen LogP contribution in [0.2, 0.25) is 0 Å². The number of aryl methyl sites for hydroxylation is 3. The molecule has 4 rings (SSSR count). The Bertz CT molecular complexity index is 781. The first-order valence-corrected chi connectivity index (χ1v) is 8.86. The van der Waals surface area contributed by atoms with Crippen LogP contribution < -0.4 is 0 Å². The molecule has 2 aliphatic heterocycles. The monoisotopic (exact) mass is 340 g/mol. The van der Waals surface area contributed by atoms with Gasteiger partial charge in [0, 0.05) is 43.4 Å². The molecule has 25 heavy (non-hydrogen) atoms. The van der Waals surface area contributed by atoms with E-state index in [2.05, 4.69) is 15.0 Å². The Morgan fingerprint density at radius 3 is 2.68 bits per heavy atom. The summed E-state index contributed by atoms with van der Waals surface area (Å²) in [6, 6.07) is 5.99. The van der Waals surface area contributed by atoms with E-state index in [1.165, 1.54) is 0 Å². The Morgan fingerprint density at radius 2 is 2.00 bits per heavy atom. The van der Waals surface area contributed by atoms with Gasteiger partial charge in [-0.25, -0.2) is 0 Å². The third kappa shape index (κ3) is 3.06.